The van der Waals surface area contributed by atoms with E-state index in [0.29, 0.717) is 6.04 Å². The Morgan fingerprint density at radius 3 is 2.93 bits per heavy atom. The second kappa shape index (κ2) is 3.54. The van der Waals surface area contributed by atoms with Gasteiger partial charge in [0.25, 0.3) is 0 Å². The highest BCUT2D eigenvalue weighted by Gasteiger charge is 2.30. The molecule has 0 aromatic carbocycles. The molecule has 2 heterocycles. The average Bonchev–Trinajstić information content (AvgIpc) is 2.82. The van der Waals surface area contributed by atoms with Crippen LogP contribution in [0.15, 0.2) is 6.07 Å². The molecule has 1 aromatic heterocycles. The van der Waals surface area contributed by atoms with E-state index in [2.05, 4.69) is 28.1 Å². The standard InChI is InChI=1S/C12H19N3/c1-9-8-12-13-7-6-11(15(12)14-9)10-4-2-3-5-10/h8,10-11,13H,2-7H2,1H3. The lowest BCUT2D eigenvalue weighted by molar-refractivity contribution is 0.289. The third-order valence-corrected chi connectivity index (χ3v) is 3.86. The topological polar surface area (TPSA) is 29.9 Å². The van der Waals surface area contributed by atoms with Crippen molar-refractivity contribution in [3.63, 3.8) is 0 Å². The van der Waals surface area contributed by atoms with E-state index < -0.39 is 0 Å². The van der Waals surface area contributed by atoms with Crippen LogP contribution in [-0.2, 0) is 0 Å². The minimum atomic E-state index is 0.664. The Kier molecular flexibility index (Phi) is 2.19. The Labute approximate surface area is 90.9 Å². The Hall–Kier alpha value is -0.990. The monoisotopic (exact) mass is 205 g/mol. The lowest BCUT2D eigenvalue weighted by Crippen LogP contribution is -2.28. The molecule has 3 heteroatoms. The molecule has 1 aromatic rings. The number of aryl methyl sites for hydroxylation is 1. The van der Waals surface area contributed by atoms with E-state index in [1.165, 1.54) is 37.9 Å². The quantitative estimate of drug-likeness (QED) is 0.764. The van der Waals surface area contributed by atoms with Gasteiger partial charge in [-0.15, -0.1) is 0 Å². The van der Waals surface area contributed by atoms with E-state index in [1.807, 2.05) is 0 Å². The highest BCUT2D eigenvalue weighted by Crippen LogP contribution is 2.39. The van der Waals surface area contributed by atoms with E-state index in [0.717, 1.165) is 18.2 Å². The fraction of sp³-hybridized carbons (Fsp3) is 0.750. The number of nitrogens with one attached hydrogen (secondary N) is 1. The molecule has 3 nitrogen and oxygen atoms in total. The molecule has 0 saturated heterocycles. The van der Waals surface area contributed by atoms with Crippen molar-refractivity contribution >= 4 is 5.82 Å². The van der Waals surface area contributed by atoms with Gasteiger partial charge in [0, 0.05) is 12.6 Å². The van der Waals surface area contributed by atoms with Gasteiger partial charge in [-0.3, -0.25) is 0 Å². The highest BCUT2D eigenvalue weighted by atomic mass is 15.4. The molecule has 1 fully saturated rings. The van der Waals surface area contributed by atoms with Crippen LogP contribution in [0.3, 0.4) is 0 Å². The Morgan fingerprint density at radius 1 is 1.33 bits per heavy atom. The van der Waals surface area contributed by atoms with Gasteiger partial charge in [-0.1, -0.05) is 12.8 Å². The number of hydrogen-bond acceptors (Lipinski definition) is 2. The number of fused-ring (bicyclic) bond motifs is 1. The number of rotatable bonds is 1. The first-order valence-electron chi connectivity index (χ1n) is 6.14. The Balaban J connectivity index is 1.90. The van der Waals surface area contributed by atoms with E-state index in [1.54, 1.807) is 0 Å². The van der Waals surface area contributed by atoms with Crippen LogP contribution >= 0.6 is 0 Å². The van der Waals surface area contributed by atoms with Crippen LogP contribution in [0, 0.1) is 12.8 Å². The van der Waals surface area contributed by atoms with Crippen molar-refractivity contribution in [3.8, 4) is 0 Å². The maximum absolute atomic E-state index is 4.63. The fourth-order valence-corrected chi connectivity index (χ4v) is 3.15. The number of aromatic nitrogens is 2. The minimum absolute atomic E-state index is 0.664. The normalized spacial score (nSPS) is 26.3. The summed E-state index contributed by atoms with van der Waals surface area (Å²) in [6.45, 7) is 3.20. The van der Waals surface area contributed by atoms with E-state index in [-0.39, 0.29) is 0 Å². The molecular weight excluding hydrogens is 186 g/mol. The zero-order valence-electron chi connectivity index (χ0n) is 9.37. The van der Waals surface area contributed by atoms with Crippen LogP contribution in [0.4, 0.5) is 5.82 Å². The number of hydrogen-bond donors (Lipinski definition) is 1. The lowest BCUT2D eigenvalue weighted by atomic mass is 9.94. The van der Waals surface area contributed by atoms with Gasteiger partial charge < -0.3 is 5.32 Å². The van der Waals surface area contributed by atoms with Crippen LogP contribution in [0.2, 0.25) is 0 Å². The number of nitrogens with zero attached hydrogens (tertiary/aromatic N) is 2. The van der Waals surface area contributed by atoms with Gasteiger partial charge in [0.2, 0.25) is 0 Å². The molecule has 15 heavy (non-hydrogen) atoms. The van der Waals surface area contributed by atoms with Crippen molar-refractivity contribution in [2.24, 2.45) is 5.92 Å². The molecule has 0 amide bonds. The van der Waals surface area contributed by atoms with Gasteiger partial charge >= 0.3 is 0 Å². The molecule has 82 valence electrons. The lowest BCUT2D eigenvalue weighted by Gasteiger charge is -2.30. The first-order chi connectivity index (χ1) is 7.34. The second-order valence-corrected chi connectivity index (χ2v) is 4.94. The third kappa shape index (κ3) is 1.54. The highest BCUT2D eigenvalue weighted by molar-refractivity contribution is 5.39. The van der Waals surface area contributed by atoms with Crippen molar-refractivity contribution in [1.29, 1.82) is 0 Å². The van der Waals surface area contributed by atoms with Crippen LogP contribution < -0.4 is 5.32 Å². The predicted molar refractivity (Wildman–Crippen MR) is 61.1 cm³/mol. The van der Waals surface area contributed by atoms with E-state index >= 15 is 0 Å². The first kappa shape index (κ1) is 9.25. The van der Waals surface area contributed by atoms with Crippen molar-refractivity contribution in [2.75, 3.05) is 11.9 Å². The van der Waals surface area contributed by atoms with Crippen LogP contribution in [0.1, 0.15) is 43.8 Å². The van der Waals surface area contributed by atoms with Crippen molar-refractivity contribution < 1.29 is 0 Å². The summed E-state index contributed by atoms with van der Waals surface area (Å²) in [5.74, 6) is 2.11. The van der Waals surface area contributed by atoms with Gasteiger partial charge in [0.15, 0.2) is 0 Å². The molecule has 1 atom stereocenters. The predicted octanol–water partition coefficient (Wildman–Crippen LogP) is 2.74. The maximum Gasteiger partial charge on any atom is 0.124 e. The molecule has 1 aliphatic heterocycles. The summed E-state index contributed by atoms with van der Waals surface area (Å²) in [6.07, 6.45) is 6.90. The van der Waals surface area contributed by atoms with Crippen LogP contribution in [-0.4, -0.2) is 16.3 Å². The molecule has 1 aliphatic carbocycles. The third-order valence-electron chi connectivity index (χ3n) is 3.86. The number of anilines is 1. The summed E-state index contributed by atoms with van der Waals surface area (Å²) in [5.41, 5.74) is 1.14. The summed E-state index contributed by atoms with van der Waals surface area (Å²) in [4.78, 5) is 0. The second-order valence-electron chi connectivity index (χ2n) is 4.94. The van der Waals surface area contributed by atoms with Crippen molar-refractivity contribution in [1.82, 2.24) is 9.78 Å². The molecule has 1 N–H and O–H groups in total. The fourth-order valence-electron chi connectivity index (χ4n) is 3.15. The minimum Gasteiger partial charge on any atom is -0.370 e. The molecular formula is C12H19N3. The van der Waals surface area contributed by atoms with Gasteiger partial charge in [-0.25, -0.2) is 4.68 Å². The Morgan fingerprint density at radius 2 is 2.13 bits per heavy atom. The van der Waals surface area contributed by atoms with Gasteiger partial charge in [-0.2, -0.15) is 5.10 Å². The van der Waals surface area contributed by atoms with Crippen LogP contribution in [0.25, 0.3) is 0 Å². The molecule has 0 radical (unpaired) electrons. The summed E-state index contributed by atoms with van der Waals surface area (Å²) in [7, 11) is 0. The van der Waals surface area contributed by atoms with E-state index in [4.69, 9.17) is 0 Å². The summed E-state index contributed by atoms with van der Waals surface area (Å²) in [5, 5.41) is 8.07. The van der Waals surface area contributed by atoms with Crippen molar-refractivity contribution in [2.45, 2.75) is 45.1 Å². The molecule has 0 bridgehead atoms. The summed E-state index contributed by atoms with van der Waals surface area (Å²) >= 11 is 0. The molecule has 0 spiro atoms. The van der Waals surface area contributed by atoms with Gasteiger partial charge in [-0.05, 0) is 32.1 Å². The van der Waals surface area contributed by atoms with Gasteiger partial charge in [0.1, 0.15) is 5.82 Å². The SMILES string of the molecule is Cc1cc2n(n1)C(C1CCCC1)CCN2. The first-order valence-corrected chi connectivity index (χ1v) is 6.14. The summed E-state index contributed by atoms with van der Waals surface area (Å²) in [6, 6.07) is 2.83. The maximum atomic E-state index is 4.63. The van der Waals surface area contributed by atoms with Crippen LogP contribution in [0.5, 0.6) is 0 Å². The average molecular weight is 205 g/mol. The van der Waals surface area contributed by atoms with Crippen molar-refractivity contribution in [3.05, 3.63) is 11.8 Å². The zero-order valence-corrected chi connectivity index (χ0v) is 9.37. The van der Waals surface area contributed by atoms with E-state index in [9.17, 15) is 0 Å². The summed E-state index contributed by atoms with van der Waals surface area (Å²) < 4.78 is 2.24. The zero-order chi connectivity index (χ0) is 10.3. The smallest absolute Gasteiger partial charge is 0.124 e. The largest absolute Gasteiger partial charge is 0.370 e. The molecule has 2 aliphatic rings. The molecule has 1 saturated carbocycles. The Bertz CT molecular complexity index is 350. The molecule has 3 rings (SSSR count). The van der Waals surface area contributed by atoms with Gasteiger partial charge in [0.05, 0.1) is 11.7 Å². The molecule has 1 unspecified atom stereocenters.